The first-order chi connectivity index (χ1) is 7.11. The summed E-state index contributed by atoms with van der Waals surface area (Å²) >= 11 is 0. The molecule has 0 spiro atoms. The smallest absolute Gasteiger partial charge is 0.133 e. The summed E-state index contributed by atoms with van der Waals surface area (Å²) in [5, 5.41) is 19.6. The summed E-state index contributed by atoms with van der Waals surface area (Å²) in [6.45, 7) is 7.64. The summed E-state index contributed by atoms with van der Waals surface area (Å²) in [6.07, 6.45) is 3.49. The van der Waals surface area contributed by atoms with Gasteiger partial charge in [0.25, 0.3) is 0 Å². The van der Waals surface area contributed by atoms with E-state index in [1.165, 1.54) is 0 Å². The van der Waals surface area contributed by atoms with E-state index in [0.29, 0.717) is 6.42 Å². The molecule has 15 heavy (non-hydrogen) atoms. The van der Waals surface area contributed by atoms with Crippen molar-refractivity contribution in [2.75, 3.05) is 13.1 Å². The fourth-order valence-corrected chi connectivity index (χ4v) is 2.01. The molecule has 0 aromatic carbocycles. The molecule has 1 saturated heterocycles. The van der Waals surface area contributed by atoms with E-state index in [2.05, 4.69) is 6.58 Å². The van der Waals surface area contributed by atoms with E-state index in [1.54, 1.807) is 0 Å². The molecular formula is C12H23NO2. The standard InChI is InChI=1S/C12H23NO2/c1-10(2)6-5-7-11(14)12(15)13-8-3-4-9-13/h11-12,14-15H,1,3-9H2,2H3. The molecule has 0 aliphatic carbocycles. The summed E-state index contributed by atoms with van der Waals surface area (Å²) in [5.74, 6) is 0. The summed E-state index contributed by atoms with van der Waals surface area (Å²) < 4.78 is 0. The minimum absolute atomic E-state index is 0.609. The van der Waals surface area contributed by atoms with E-state index >= 15 is 0 Å². The van der Waals surface area contributed by atoms with Crippen molar-refractivity contribution in [3.05, 3.63) is 12.2 Å². The van der Waals surface area contributed by atoms with Crippen LogP contribution in [0.2, 0.25) is 0 Å². The molecule has 0 amide bonds. The fourth-order valence-electron chi connectivity index (χ4n) is 2.01. The minimum Gasteiger partial charge on any atom is -0.389 e. The van der Waals surface area contributed by atoms with Crippen molar-refractivity contribution in [2.24, 2.45) is 0 Å². The van der Waals surface area contributed by atoms with Crippen LogP contribution in [0.1, 0.15) is 39.0 Å². The Balaban J connectivity index is 2.19. The molecule has 88 valence electrons. The van der Waals surface area contributed by atoms with Gasteiger partial charge in [0.05, 0.1) is 6.10 Å². The van der Waals surface area contributed by atoms with Gasteiger partial charge in [-0.05, 0) is 39.0 Å². The molecule has 1 aliphatic heterocycles. The maximum Gasteiger partial charge on any atom is 0.133 e. The molecule has 0 aromatic heterocycles. The summed E-state index contributed by atoms with van der Waals surface area (Å²) in [4.78, 5) is 1.96. The Morgan fingerprint density at radius 3 is 2.47 bits per heavy atom. The molecular weight excluding hydrogens is 190 g/mol. The lowest BCUT2D eigenvalue weighted by Crippen LogP contribution is -2.41. The van der Waals surface area contributed by atoms with Gasteiger partial charge in [-0.1, -0.05) is 5.57 Å². The van der Waals surface area contributed by atoms with Gasteiger partial charge in [0.1, 0.15) is 6.23 Å². The SMILES string of the molecule is C=C(C)CCCC(O)C(O)N1CCCC1. The second-order valence-electron chi connectivity index (χ2n) is 4.57. The van der Waals surface area contributed by atoms with Gasteiger partial charge >= 0.3 is 0 Å². The monoisotopic (exact) mass is 213 g/mol. The van der Waals surface area contributed by atoms with Crippen LogP contribution in [-0.4, -0.2) is 40.5 Å². The Morgan fingerprint density at radius 1 is 1.33 bits per heavy atom. The van der Waals surface area contributed by atoms with Crippen molar-refractivity contribution in [2.45, 2.75) is 51.4 Å². The molecule has 1 heterocycles. The Kier molecular flexibility index (Phi) is 5.29. The maximum atomic E-state index is 9.84. The zero-order chi connectivity index (χ0) is 11.3. The van der Waals surface area contributed by atoms with Crippen LogP contribution in [0.4, 0.5) is 0 Å². The summed E-state index contributed by atoms with van der Waals surface area (Å²) in [5.41, 5.74) is 1.14. The third-order valence-electron chi connectivity index (χ3n) is 2.96. The van der Waals surface area contributed by atoms with Gasteiger partial charge < -0.3 is 10.2 Å². The molecule has 2 atom stereocenters. The number of aliphatic hydroxyl groups is 2. The van der Waals surface area contributed by atoms with Gasteiger partial charge in [0.15, 0.2) is 0 Å². The number of likely N-dealkylation sites (tertiary alicyclic amines) is 1. The number of rotatable bonds is 6. The Hall–Kier alpha value is -0.380. The van der Waals surface area contributed by atoms with Crippen LogP contribution < -0.4 is 0 Å². The summed E-state index contributed by atoms with van der Waals surface area (Å²) in [7, 11) is 0. The molecule has 0 saturated carbocycles. The van der Waals surface area contributed by atoms with Crippen molar-refractivity contribution < 1.29 is 10.2 Å². The van der Waals surface area contributed by atoms with E-state index < -0.39 is 12.3 Å². The normalized spacial score (nSPS) is 21.5. The molecule has 1 aliphatic rings. The lowest BCUT2D eigenvalue weighted by Gasteiger charge is -2.26. The van der Waals surface area contributed by atoms with Crippen molar-refractivity contribution in [3.63, 3.8) is 0 Å². The van der Waals surface area contributed by atoms with Crippen LogP contribution in [-0.2, 0) is 0 Å². The fraction of sp³-hybridized carbons (Fsp3) is 0.833. The topological polar surface area (TPSA) is 43.7 Å². The van der Waals surface area contributed by atoms with Crippen LogP contribution in [0.25, 0.3) is 0 Å². The summed E-state index contributed by atoms with van der Waals surface area (Å²) in [6, 6.07) is 0. The van der Waals surface area contributed by atoms with Crippen LogP contribution >= 0.6 is 0 Å². The first kappa shape index (κ1) is 12.7. The van der Waals surface area contributed by atoms with E-state index in [0.717, 1.165) is 44.3 Å². The third kappa shape index (κ3) is 4.33. The number of hydrogen-bond acceptors (Lipinski definition) is 3. The molecule has 3 nitrogen and oxygen atoms in total. The van der Waals surface area contributed by atoms with Gasteiger partial charge in [-0.25, -0.2) is 0 Å². The first-order valence-electron chi connectivity index (χ1n) is 5.86. The maximum absolute atomic E-state index is 9.84. The van der Waals surface area contributed by atoms with Gasteiger partial charge in [0.2, 0.25) is 0 Å². The highest BCUT2D eigenvalue weighted by atomic mass is 16.3. The van der Waals surface area contributed by atoms with E-state index in [4.69, 9.17) is 0 Å². The lowest BCUT2D eigenvalue weighted by atomic mass is 10.1. The second-order valence-corrected chi connectivity index (χ2v) is 4.57. The minimum atomic E-state index is -0.669. The van der Waals surface area contributed by atoms with E-state index in [-0.39, 0.29) is 0 Å². The third-order valence-corrected chi connectivity index (χ3v) is 2.96. The highest BCUT2D eigenvalue weighted by molar-refractivity contribution is 4.87. The molecule has 2 N–H and O–H groups in total. The van der Waals surface area contributed by atoms with Crippen LogP contribution in [0.15, 0.2) is 12.2 Å². The lowest BCUT2D eigenvalue weighted by molar-refractivity contribution is -0.0766. The molecule has 1 fully saturated rings. The largest absolute Gasteiger partial charge is 0.389 e. The second kappa shape index (κ2) is 6.26. The Labute approximate surface area is 92.4 Å². The molecule has 0 radical (unpaired) electrons. The Morgan fingerprint density at radius 2 is 1.93 bits per heavy atom. The molecule has 3 heteroatoms. The zero-order valence-electron chi connectivity index (χ0n) is 9.65. The van der Waals surface area contributed by atoms with Gasteiger partial charge in [-0.15, -0.1) is 6.58 Å². The van der Waals surface area contributed by atoms with Crippen LogP contribution in [0, 0.1) is 0 Å². The van der Waals surface area contributed by atoms with Crippen LogP contribution in [0.5, 0.6) is 0 Å². The van der Waals surface area contributed by atoms with Crippen molar-refractivity contribution in [3.8, 4) is 0 Å². The molecule has 2 unspecified atom stereocenters. The number of allylic oxidation sites excluding steroid dienone is 1. The number of nitrogens with zero attached hydrogens (tertiary/aromatic N) is 1. The van der Waals surface area contributed by atoms with Gasteiger partial charge in [-0.2, -0.15) is 0 Å². The number of aliphatic hydroxyl groups excluding tert-OH is 2. The molecule has 1 rings (SSSR count). The number of hydrogen-bond donors (Lipinski definition) is 2. The highest BCUT2D eigenvalue weighted by Gasteiger charge is 2.25. The van der Waals surface area contributed by atoms with Crippen molar-refractivity contribution in [1.82, 2.24) is 4.90 Å². The molecule has 0 bridgehead atoms. The first-order valence-corrected chi connectivity index (χ1v) is 5.86. The average Bonchev–Trinajstić information content (AvgIpc) is 2.68. The van der Waals surface area contributed by atoms with Crippen molar-refractivity contribution in [1.29, 1.82) is 0 Å². The van der Waals surface area contributed by atoms with Crippen LogP contribution in [0.3, 0.4) is 0 Å². The van der Waals surface area contributed by atoms with E-state index in [1.807, 2.05) is 11.8 Å². The van der Waals surface area contributed by atoms with Crippen molar-refractivity contribution >= 4 is 0 Å². The van der Waals surface area contributed by atoms with Gasteiger partial charge in [0, 0.05) is 13.1 Å². The molecule has 0 aromatic rings. The Bertz CT molecular complexity index is 200. The predicted octanol–water partition coefficient (Wildman–Crippen LogP) is 1.51. The van der Waals surface area contributed by atoms with E-state index in [9.17, 15) is 10.2 Å². The average molecular weight is 213 g/mol. The zero-order valence-corrected chi connectivity index (χ0v) is 9.65. The highest BCUT2D eigenvalue weighted by Crippen LogP contribution is 2.16. The predicted molar refractivity (Wildman–Crippen MR) is 61.5 cm³/mol. The van der Waals surface area contributed by atoms with Gasteiger partial charge in [-0.3, -0.25) is 4.90 Å². The quantitative estimate of drug-likeness (QED) is 0.657.